The number of β-lactam (4-membered cyclic amide) rings is 1. The Hall–Kier alpha value is -1.84. The number of amides is 2. The van der Waals surface area contributed by atoms with Gasteiger partial charge in [0.2, 0.25) is 11.8 Å². The summed E-state index contributed by atoms with van der Waals surface area (Å²) in [5.41, 5.74) is 0.938. The van der Waals surface area contributed by atoms with Crippen LogP contribution in [-0.2, 0) is 9.59 Å². The first-order valence-corrected chi connectivity index (χ1v) is 9.93. The number of hydrogen-bond donors (Lipinski definition) is 1. The number of carbonyl (C=O) groups excluding carboxylic acids is 2. The highest BCUT2D eigenvalue weighted by Crippen LogP contribution is 2.43. The molecular weight excluding hydrogens is 312 g/mol. The Morgan fingerprint density at radius 3 is 2.40 bits per heavy atom. The zero-order valence-corrected chi connectivity index (χ0v) is 14.8. The molecule has 2 saturated carbocycles. The van der Waals surface area contributed by atoms with Crippen LogP contribution in [0.4, 0.5) is 0 Å². The van der Waals surface area contributed by atoms with E-state index >= 15 is 0 Å². The summed E-state index contributed by atoms with van der Waals surface area (Å²) in [4.78, 5) is 27.8. The summed E-state index contributed by atoms with van der Waals surface area (Å²) in [6.07, 6.45) is 10.1. The molecule has 0 aromatic heterocycles. The zero-order chi connectivity index (χ0) is 17.2. The van der Waals surface area contributed by atoms with Crippen LogP contribution < -0.4 is 5.32 Å². The molecule has 3 aliphatic rings. The van der Waals surface area contributed by atoms with Crippen LogP contribution in [0, 0.1) is 5.92 Å². The van der Waals surface area contributed by atoms with Gasteiger partial charge in [0.1, 0.15) is 6.04 Å². The van der Waals surface area contributed by atoms with Gasteiger partial charge in [-0.25, -0.2) is 0 Å². The summed E-state index contributed by atoms with van der Waals surface area (Å²) in [5, 5.41) is 3.25. The van der Waals surface area contributed by atoms with E-state index in [0.29, 0.717) is 0 Å². The molecule has 25 heavy (non-hydrogen) atoms. The molecule has 3 atom stereocenters. The highest BCUT2D eigenvalue weighted by atomic mass is 16.2. The lowest BCUT2D eigenvalue weighted by atomic mass is 9.74. The predicted molar refractivity (Wildman–Crippen MR) is 96.8 cm³/mol. The number of nitrogens with one attached hydrogen (secondary N) is 1. The van der Waals surface area contributed by atoms with E-state index in [0.717, 1.165) is 44.1 Å². The predicted octanol–water partition coefficient (Wildman–Crippen LogP) is 3.58. The molecule has 134 valence electrons. The minimum atomic E-state index is -0.463. The molecule has 4 rings (SSSR count). The molecule has 2 amide bonds. The number of carbonyl (C=O) groups is 2. The van der Waals surface area contributed by atoms with Crippen LogP contribution in [0.15, 0.2) is 30.3 Å². The van der Waals surface area contributed by atoms with Gasteiger partial charge in [0.15, 0.2) is 0 Å². The molecule has 1 saturated heterocycles. The van der Waals surface area contributed by atoms with Crippen molar-refractivity contribution in [3.63, 3.8) is 0 Å². The first kappa shape index (κ1) is 16.6. The van der Waals surface area contributed by atoms with Crippen LogP contribution in [0.5, 0.6) is 0 Å². The Morgan fingerprint density at radius 1 is 0.960 bits per heavy atom. The van der Waals surface area contributed by atoms with E-state index in [2.05, 4.69) is 5.32 Å². The summed E-state index contributed by atoms with van der Waals surface area (Å²) in [5.74, 6) is 0.343. The van der Waals surface area contributed by atoms with Gasteiger partial charge >= 0.3 is 0 Å². The van der Waals surface area contributed by atoms with Crippen molar-refractivity contribution < 1.29 is 9.59 Å². The van der Waals surface area contributed by atoms with Crippen molar-refractivity contribution in [1.29, 1.82) is 0 Å². The third kappa shape index (κ3) is 3.19. The van der Waals surface area contributed by atoms with Crippen molar-refractivity contribution in [2.24, 2.45) is 5.92 Å². The van der Waals surface area contributed by atoms with Crippen molar-refractivity contribution >= 4 is 11.8 Å². The average Bonchev–Trinajstić information content (AvgIpc) is 2.67. The second-order valence-electron chi connectivity index (χ2n) is 7.86. The quantitative estimate of drug-likeness (QED) is 0.852. The van der Waals surface area contributed by atoms with Gasteiger partial charge in [0.05, 0.1) is 5.92 Å². The van der Waals surface area contributed by atoms with Gasteiger partial charge < -0.3 is 10.2 Å². The third-order valence-corrected chi connectivity index (χ3v) is 6.25. The lowest BCUT2D eigenvalue weighted by Crippen LogP contribution is -2.65. The van der Waals surface area contributed by atoms with E-state index in [1.54, 1.807) is 0 Å². The van der Waals surface area contributed by atoms with Crippen LogP contribution in [0.2, 0.25) is 0 Å². The minimum Gasteiger partial charge on any atom is -0.351 e. The van der Waals surface area contributed by atoms with Gasteiger partial charge in [-0.15, -0.1) is 0 Å². The van der Waals surface area contributed by atoms with Gasteiger partial charge in [0, 0.05) is 12.1 Å². The SMILES string of the molecule is O=C(NC1CCCCC1)C(c1ccccc1)N1C(=O)[C@@H]2CCCC[C@@H]21. The Kier molecular flexibility index (Phi) is 4.78. The van der Waals surface area contributed by atoms with Crippen LogP contribution in [0.1, 0.15) is 69.4 Å². The van der Waals surface area contributed by atoms with E-state index in [-0.39, 0.29) is 29.8 Å². The summed E-state index contributed by atoms with van der Waals surface area (Å²) in [6, 6.07) is 9.89. The minimum absolute atomic E-state index is 0.00970. The second kappa shape index (κ2) is 7.19. The molecule has 1 N–H and O–H groups in total. The van der Waals surface area contributed by atoms with Gasteiger partial charge in [-0.3, -0.25) is 9.59 Å². The summed E-state index contributed by atoms with van der Waals surface area (Å²) >= 11 is 0. The summed E-state index contributed by atoms with van der Waals surface area (Å²) < 4.78 is 0. The largest absolute Gasteiger partial charge is 0.351 e. The molecule has 0 spiro atoms. The third-order valence-electron chi connectivity index (χ3n) is 6.25. The van der Waals surface area contributed by atoms with E-state index < -0.39 is 6.04 Å². The van der Waals surface area contributed by atoms with E-state index in [4.69, 9.17) is 0 Å². The Balaban J connectivity index is 1.56. The van der Waals surface area contributed by atoms with Gasteiger partial charge in [-0.05, 0) is 31.2 Å². The standard InChI is InChI=1S/C21H28N2O2/c24-20(22-16-11-5-2-6-12-16)19(15-9-3-1-4-10-15)23-18-14-8-7-13-17(18)21(23)25/h1,3-4,9-10,16-19H,2,5-8,11-14H2,(H,22,24)/t17-,18+,19?/m1/s1. The topological polar surface area (TPSA) is 49.4 Å². The van der Waals surface area contributed by atoms with Crippen molar-refractivity contribution in [1.82, 2.24) is 10.2 Å². The Morgan fingerprint density at radius 2 is 1.64 bits per heavy atom. The molecule has 1 aliphatic heterocycles. The average molecular weight is 340 g/mol. The van der Waals surface area contributed by atoms with E-state index in [1.807, 2.05) is 35.2 Å². The van der Waals surface area contributed by atoms with Crippen molar-refractivity contribution in [3.8, 4) is 0 Å². The fourth-order valence-corrected chi connectivity index (χ4v) is 4.92. The normalized spacial score (nSPS) is 28.0. The lowest BCUT2D eigenvalue weighted by molar-refractivity contribution is -0.168. The number of hydrogen-bond acceptors (Lipinski definition) is 2. The molecule has 4 nitrogen and oxygen atoms in total. The summed E-state index contributed by atoms with van der Waals surface area (Å²) in [7, 11) is 0. The molecule has 1 aromatic rings. The Bertz CT molecular complexity index is 624. The Labute approximate surface area is 150 Å². The highest BCUT2D eigenvalue weighted by molar-refractivity contribution is 5.93. The highest BCUT2D eigenvalue weighted by Gasteiger charge is 2.52. The summed E-state index contributed by atoms with van der Waals surface area (Å²) in [6.45, 7) is 0. The molecule has 1 unspecified atom stereocenters. The maximum Gasteiger partial charge on any atom is 0.247 e. The first-order chi connectivity index (χ1) is 12.3. The molecule has 4 heteroatoms. The number of rotatable bonds is 4. The van der Waals surface area contributed by atoms with E-state index in [9.17, 15) is 9.59 Å². The van der Waals surface area contributed by atoms with Crippen LogP contribution in [0.3, 0.4) is 0 Å². The second-order valence-corrected chi connectivity index (χ2v) is 7.86. The molecule has 0 radical (unpaired) electrons. The van der Waals surface area contributed by atoms with E-state index in [1.165, 1.54) is 19.3 Å². The molecule has 1 heterocycles. The number of likely N-dealkylation sites (tertiary alicyclic amines) is 1. The van der Waals surface area contributed by atoms with Crippen molar-refractivity contribution in [2.75, 3.05) is 0 Å². The van der Waals surface area contributed by atoms with Crippen LogP contribution in [0.25, 0.3) is 0 Å². The zero-order valence-electron chi connectivity index (χ0n) is 14.8. The molecule has 0 bridgehead atoms. The molecule has 1 aromatic carbocycles. The lowest BCUT2D eigenvalue weighted by Gasteiger charge is -2.53. The maximum absolute atomic E-state index is 13.2. The smallest absolute Gasteiger partial charge is 0.247 e. The maximum atomic E-state index is 13.2. The molecule has 3 fully saturated rings. The van der Waals surface area contributed by atoms with Crippen molar-refractivity contribution in [3.05, 3.63) is 35.9 Å². The number of nitrogens with zero attached hydrogens (tertiary/aromatic N) is 1. The number of benzene rings is 1. The fourth-order valence-electron chi connectivity index (χ4n) is 4.92. The molecule has 2 aliphatic carbocycles. The first-order valence-electron chi connectivity index (χ1n) is 9.93. The number of fused-ring (bicyclic) bond motifs is 1. The van der Waals surface area contributed by atoms with Gasteiger partial charge in [-0.1, -0.05) is 62.4 Å². The molecular formula is C21H28N2O2. The van der Waals surface area contributed by atoms with Crippen LogP contribution in [-0.4, -0.2) is 28.8 Å². The van der Waals surface area contributed by atoms with Crippen molar-refractivity contribution in [2.45, 2.75) is 75.9 Å². The van der Waals surface area contributed by atoms with Crippen LogP contribution >= 0.6 is 0 Å². The van der Waals surface area contributed by atoms with Gasteiger partial charge in [0.25, 0.3) is 0 Å². The van der Waals surface area contributed by atoms with Gasteiger partial charge in [-0.2, -0.15) is 0 Å². The fraction of sp³-hybridized carbons (Fsp3) is 0.619. The monoisotopic (exact) mass is 340 g/mol.